The number of amides is 2. The highest BCUT2D eigenvalue weighted by atomic mass is 16.2. The molecule has 1 atom stereocenters. The zero-order valence-electron chi connectivity index (χ0n) is 12.9. The van der Waals surface area contributed by atoms with Crippen LogP contribution in [0.2, 0.25) is 0 Å². The van der Waals surface area contributed by atoms with Gasteiger partial charge in [0.1, 0.15) is 0 Å². The largest absolute Gasteiger partial charge is 0.355 e. The number of rotatable bonds is 4. The lowest BCUT2D eigenvalue weighted by molar-refractivity contribution is -0.124. The van der Waals surface area contributed by atoms with E-state index >= 15 is 0 Å². The summed E-state index contributed by atoms with van der Waals surface area (Å²) in [7, 11) is 1.60. The van der Waals surface area contributed by atoms with Crippen LogP contribution in [-0.2, 0) is 4.79 Å². The molecule has 2 rings (SSSR count). The molecule has 0 saturated carbocycles. The molecule has 1 heterocycles. The van der Waals surface area contributed by atoms with Crippen molar-refractivity contribution >= 4 is 17.5 Å². The standard InChI is InChI=1S/C16H23N3O2/c1-4-16(7-8-18-10-16)15(21)19-13-6-5-12(9-11(13)2)14(20)17-3/h5-6,9,18H,4,7-8,10H2,1-3H3,(H,17,20)(H,19,21). The Kier molecular flexibility index (Phi) is 4.63. The molecule has 5 heteroatoms. The number of carbonyl (C=O) groups excluding carboxylic acids is 2. The highest BCUT2D eigenvalue weighted by molar-refractivity contribution is 5.98. The van der Waals surface area contributed by atoms with Gasteiger partial charge in [0.05, 0.1) is 5.41 Å². The van der Waals surface area contributed by atoms with E-state index in [1.165, 1.54) is 0 Å². The molecule has 1 unspecified atom stereocenters. The molecule has 0 bridgehead atoms. The van der Waals surface area contributed by atoms with Crippen molar-refractivity contribution in [3.8, 4) is 0 Å². The lowest BCUT2D eigenvalue weighted by Crippen LogP contribution is -2.37. The minimum Gasteiger partial charge on any atom is -0.355 e. The maximum atomic E-state index is 12.6. The van der Waals surface area contributed by atoms with E-state index in [1.807, 2.05) is 13.8 Å². The Morgan fingerprint density at radius 3 is 2.67 bits per heavy atom. The number of aryl methyl sites for hydroxylation is 1. The lowest BCUT2D eigenvalue weighted by Gasteiger charge is -2.25. The van der Waals surface area contributed by atoms with Crippen molar-refractivity contribution in [2.45, 2.75) is 26.7 Å². The molecule has 1 aliphatic heterocycles. The van der Waals surface area contributed by atoms with Gasteiger partial charge in [-0.15, -0.1) is 0 Å². The third kappa shape index (κ3) is 3.08. The van der Waals surface area contributed by atoms with Crippen LogP contribution in [0.15, 0.2) is 18.2 Å². The monoisotopic (exact) mass is 289 g/mol. The minimum atomic E-state index is -0.314. The smallest absolute Gasteiger partial charge is 0.251 e. The molecule has 1 aromatic rings. The summed E-state index contributed by atoms with van der Waals surface area (Å²) in [6, 6.07) is 5.32. The maximum Gasteiger partial charge on any atom is 0.251 e. The molecule has 3 N–H and O–H groups in total. The molecule has 5 nitrogen and oxygen atoms in total. The lowest BCUT2D eigenvalue weighted by atomic mass is 9.83. The van der Waals surface area contributed by atoms with E-state index < -0.39 is 0 Å². The molecule has 1 saturated heterocycles. The fraction of sp³-hybridized carbons (Fsp3) is 0.500. The van der Waals surface area contributed by atoms with E-state index in [0.29, 0.717) is 5.56 Å². The first-order chi connectivity index (χ1) is 10.0. The van der Waals surface area contributed by atoms with E-state index in [0.717, 1.165) is 37.2 Å². The van der Waals surface area contributed by atoms with Gasteiger partial charge >= 0.3 is 0 Å². The second kappa shape index (κ2) is 6.26. The summed E-state index contributed by atoms with van der Waals surface area (Å²) in [4.78, 5) is 24.2. The summed E-state index contributed by atoms with van der Waals surface area (Å²) >= 11 is 0. The van der Waals surface area contributed by atoms with Crippen LogP contribution in [0.5, 0.6) is 0 Å². The average Bonchev–Trinajstić information content (AvgIpc) is 2.98. The summed E-state index contributed by atoms with van der Waals surface area (Å²) in [5.74, 6) is -0.0632. The number of benzene rings is 1. The summed E-state index contributed by atoms with van der Waals surface area (Å²) in [6.45, 7) is 5.56. The van der Waals surface area contributed by atoms with Gasteiger partial charge in [-0.25, -0.2) is 0 Å². The van der Waals surface area contributed by atoms with Gasteiger partial charge in [-0.05, 0) is 50.1 Å². The summed E-state index contributed by atoms with van der Waals surface area (Å²) < 4.78 is 0. The van der Waals surface area contributed by atoms with E-state index in [2.05, 4.69) is 16.0 Å². The van der Waals surface area contributed by atoms with Crippen LogP contribution >= 0.6 is 0 Å². The maximum absolute atomic E-state index is 12.6. The Bertz CT molecular complexity index is 548. The highest BCUT2D eigenvalue weighted by Gasteiger charge is 2.39. The van der Waals surface area contributed by atoms with Crippen LogP contribution in [0.1, 0.15) is 35.7 Å². The van der Waals surface area contributed by atoms with E-state index in [1.54, 1.807) is 25.2 Å². The number of nitrogens with one attached hydrogen (secondary N) is 3. The molecular formula is C16H23N3O2. The Balaban J connectivity index is 2.16. The second-order valence-electron chi connectivity index (χ2n) is 5.62. The van der Waals surface area contributed by atoms with Gasteiger partial charge in [0.2, 0.25) is 5.91 Å². The third-order valence-electron chi connectivity index (χ3n) is 4.37. The topological polar surface area (TPSA) is 70.2 Å². The molecule has 114 valence electrons. The van der Waals surface area contributed by atoms with Gasteiger partial charge < -0.3 is 16.0 Å². The zero-order valence-corrected chi connectivity index (χ0v) is 12.9. The number of hydrogen-bond donors (Lipinski definition) is 3. The SMILES string of the molecule is CCC1(C(=O)Nc2ccc(C(=O)NC)cc2C)CCNC1. The van der Waals surface area contributed by atoms with E-state index in [9.17, 15) is 9.59 Å². The predicted molar refractivity (Wildman–Crippen MR) is 83.4 cm³/mol. The molecule has 2 amide bonds. The average molecular weight is 289 g/mol. The summed E-state index contributed by atoms with van der Waals surface area (Å²) in [6.07, 6.45) is 1.69. The zero-order chi connectivity index (χ0) is 15.5. The van der Waals surface area contributed by atoms with Crippen LogP contribution in [-0.4, -0.2) is 32.0 Å². The quantitative estimate of drug-likeness (QED) is 0.790. The normalized spacial score (nSPS) is 21.1. The van der Waals surface area contributed by atoms with Gasteiger partial charge in [-0.1, -0.05) is 6.92 Å². The van der Waals surface area contributed by atoms with Crippen molar-refractivity contribution in [2.75, 3.05) is 25.5 Å². The molecular weight excluding hydrogens is 266 g/mol. The first kappa shape index (κ1) is 15.5. The first-order valence-corrected chi connectivity index (χ1v) is 7.37. The molecule has 1 aliphatic rings. The second-order valence-corrected chi connectivity index (χ2v) is 5.62. The molecule has 1 fully saturated rings. The van der Waals surface area contributed by atoms with Crippen LogP contribution in [0, 0.1) is 12.3 Å². The van der Waals surface area contributed by atoms with Gasteiger partial charge in [-0.3, -0.25) is 9.59 Å². The van der Waals surface area contributed by atoms with Gasteiger partial charge in [0.15, 0.2) is 0 Å². The number of carbonyl (C=O) groups is 2. The molecule has 0 aromatic heterocycles. The minimum absolute atomic E-state index is 0.0609. The Morgan fingerprint density at radius 1 is 1.38 bits per heavy atom. The van der Waals surface area contributed by atoms with Gasteiger partial charge in [0.25, 0.3) is 5.91 Å². The van der Waals surface area contributed by atoms with Crippen molar-refractivity contribution in [2.24, 2.45) is 5.41 Å². The van der Waals surface area contributed by atoms with Crippen molar-refractivity contribution in [3.05, 3.63) is 29.3 Å². The predicted octanol–water partition coefficient (Wildman–Crippen LogP) is 1.68. The van der Waals surface area contributed by atoms with Crippen LogP contribution in [0.25, 0.3) is 0 Å². The van der Waals surface area contributed by atoms with Crippen LogP contribution < -0.4 is 16.0 Å². The van der Waals surface area contributed by atoms with Gasteiger partial charge in [-0.2, -0.15) is 0 Å². The van der Waals surface area contributed by atoms with E-state index in [4.69, 9.17) is 0 Å². The Hall–Kier alpha value is -1.88. The summed E-state index contributed by atoms with van der Waals surface area (Å²) in [5, 5.41) is 8.87. The van der Waals surface area contributed by atoms with E-state index in [-0.39, 0.29) is 17.2 Å². The van der Waals surface area contributed by atoms with Crippen molar-refractivity contribution in [3.63, 3.8) is 0 Å². The fourth-order valence-corrected chi connectivity index (χ4v) is 2.74. The van der Waals surface area contributed by atoms with Gasteiger partial charge in [0, 0.05) is 24.8 Å². The molecule has 0 spiro atoms. The number of hydrogen-bond acceptors (Lipinski definition) is 3. The molecule has 0 radical (unpaired) electrons. The Morgan fingerprint density at radius 2 is 2.14 bits per heavy atom. The fourth-order valence-electron chi connectivity index (χ4n) is 2.74. The molecule has 1 aromatic carbocycles. The van der Waals surface area contributed by atoms with Crippen molar-refractivity contribution in [1.29, 1.82) is 0 Å². The number of anilines is 1. The molecule has 21 heavy (non-hydrogen) atoms. The van der Waals surface area contributed by atoms with Crippen LogP contribution in [0.4, 0.5) is 5.69 Å². The highest BCUT2D eigenvalue weighted by Crippen LogP contribution is 2.31. The Labute approximate surface area is 125 Å². The third-order valence-corrected chi connectivity index (χ3v) is 4.37. The molecule has 0 aliphatic carbocycles. The van der Waals surface area contributed by atoms with Crippen molar-refractivity contribution in [1.82, 2.24) is 10.6 Å². The van der Waals surface area contributed by atoms with Crippen LogP contribution in [0.3, 0.4) is 0 Å². The van der Waals surface area contributed by atoms with Crippen molar-refractivity contribution < 1.29 is 9.59 Å². The first-order valence-electron chi connectivity index (χ1n) is 7.37. The summed E-state index contributed by atoms with van der Waals surface area (Å²) in [5.41, 5.74) is 1.95.